The molecule has 39 heavy (non-hydrogen) atoms. The number of rotatable bonds is 4. The first-order valence-electron chi connectivity index (χ1n) is 12.7. The number of fused-ring (bicyclic) bond motifs is 2. The average Bonchev–Trinajstić information content (AvgIpc) is 3.67. The number of piperidine rings is 1. The van der Waals surface area contributed by atoms with Gasteiger partial charge in [0, 0.05) is 32.1 Å². The van der Waals surface area contributed by atoms with E-state index >= 15 is 0 Å². The summed E-state index contributed by atoms with van der Waals surface area (Å²) in [6.07, 6.45) is 4.65. The van der Waals surface area contributed by atoms with Gasteiger partial charge in [-0.2, -0.15) is 0 Å². The van der Waals surface area contributed by atoms with Crippen molar-refractivity contribution in [1.82, 2.24) is 14.3 Å². The number of aromatic nitrogens is 2. The van der Waals surface area contributed by atoms with E-state index in [4.69, 9.17) is 36.1 Å². The minimum absolute atomic E-state index is 0.179. The number of thioether (sulfide) groups is 1. The summed E-state index contributed by atoms with van der Waals surface area (Å²) < 4.78 is 24.5. The van der Waals surface area contributed by atoms with Crippen molar-refractivity contribution < 1.29 is 23.7 Å². The van der Waals surface area contributed by atoms with E-state index in [0.717, 1.165) is 5.56 Å². The summed E-state index contributed by atoms with van der Waals surface area (Å²) in [6, 6.07) is 11.0. The van der Waals surface area contributed by atoms with Crippen molar-refractivity contribution in [1.29, 1.82) is 0 Å². The van der Waals surface area contributed by atoms with Crippen LogP contribution in [0.1, 0.15) is 24.0 Å². The van der Waals surface area contributed by atoms with Crippen LogP contribution < -0.4 is 19.9 Å². The summed E-state index contributed by atoms with van der Waals surface area (Å²) >= 11 is 6.75. The molecule has 0 radical (unpaired) electrons. The van der Waals surface area contributed by atoms with Gasteiger partial charge in [-0.1, -0.05) is 36.1 Å². The summed E-state index contributed by atoms with van der Waals surface area (Å²) in [5, 5.41) is 0. The number of carbonyl (C=O) groups is 1. The molecule has 7 rings (SSSR count). The summed E-state index contributed by atoms with van der Waals surface area (Å²) in [5.74, 6) is 1.05. The molecular weight excluding hydrogens is 540 g/mol. The fourth-order valence-corrected chi connectivity index (χ4v) is 6.53. The van der Waals surface area contributed by atoms with E-state index < -0.39 is 5.79 Å². The highest BCUT2D eigenvalue weighted by molar-refractivity contribution is 8.26. The number of ether oxygens (including phenoxy) is 4. The number of anilines is 1. The van der Waals surface area contributed by atoms with Gasteiger partial charge < -0.3 is 23.8 Å². The lowest BCUT2D eigenvalue weighted by molar-refractivity contribution is -0.169. The van der Waals surface area contributed by atoms with Gasteiger partial charge in [0.2, 0.25) is 6.79 Å². The lowest BCUT2D eigenvalue weighted by Crippen LogP contribution is -2.46. The molecule has 4 aliphatic rings. The predicted octanol–water partition coefficient (Wildman–Crippen LogP) is 3.17. The van der Waals surface area contributed by atoms with Crippen molar-refractivity contribution >= 4 is 51.7 Å². The summed E-state index contributed by atoms with van der Waals surface area (Å²) in [6.45, 7) is 2.87. The van der Waals surface area contributed by atoms with Gasteiger partial charge in [-0.3, -0.25) is 18.9 Å². The average molecular weight is 565 g/mol. The van der Waals surface area contributed by atoms with Crippen LogP contribution in [0.15, 0.2) is 52.3 Å². The lowest BCUT2D eigenvalue weighted by atomic mass is 10.0. The summed E-state index contributed by atoms with van der Waals surface area (Å²) in [4.78, 5) is 36.1. The SMILES string of the molecule is O=C1/C(=C\c2c(N3CCC4(CC3)OCCO4)nc3ccccn3c2=O)SC(=S)N1Cc1ccc2c(c1)OCO2. The van der Waals surface area contributed by atoms with Crippen LogP contribution in [0, 0.1) is 0 Å². The highest BCUT2D eigenvalue weighted by Crippen LogP contribution is 2.38. The van der Waals surface area contributed by atoms with Crippen LogP contribution in [0.4, 0.5) is 5.82 Å². The third-order valence-electron chi connectivity index (χ3n) is 7.31. The molecule has 3 fully saturated rings. The number of pyridine rings is 1. The first-order valence-corrected chi connectivity index (χ1v) is 13.9. The third-order valence-corrected chi connectivity index (χ3v) is 8.69. The highest BCUT2D eigenvalue weighted by atomic mass is 32.2. The normalized spacial score (nSPS) is 21.2. The Hall–Kier alpha value is -3.45. The van der Waals surface area contributed by atoms with E-state index in [1.54, 1.807) is 24.4 Å². The zero-order valence-corrected chi connectivity index (χ0v) is 22.5. The molecule has 3 saturated heterocycles. The molecular formula is C27H24N4O6S2. The van der Waals surface area contributed by atoms with Gasteiger partial charge in [-0.05, 0) is 35.9 Å². The Morgan fingerprint density at radius 2 is 1.85 bits per heavy atom. The number of hydrogen-bond acceptors (Lipinski definition) is 10. The molecule has 10 nitrogen and oxygen atoms in total. The predicted molar refractivity (Wildman–Crippen MR) is 149 cm³/mol. The molecule has 1 spiro atoms. The molecule has 2 aromatic heterocycles. The van der Waals surface area contributed by atoms with Gasteiger partial charge in [0.25, 0.3) is 11.5 Å². The maximum atomic E-state index is 13.7. The Labute approximate surface area is 233 Å². The zero-order valence-electron chi connectivity index (χ0n) is 20.8. The maximum Gasteiger partial charge on any atom is 0.267 e. The van der Waals surface area contributed by atoms with Gasteiger partial charge >= 0.3 is 0 Å². The Morgan fingerprint density at radius 3 is 2.67 bits per heavy atom. The molecule has 200 valence electrons. The molecule has 0 aliphatic carbocycles. The van der Waals surface area contributed by atoms with Crippen LogP contribution in [0.25, 0.3) is 11.7 Å². The smallest absolute Gasteiger partial charge is 0.267 e. The standard InChI is InChI=1S/C27H24N4O6S2/c32-24-18(14-21-25(33)31(26(38)39-21)15-17-4-5-19-20(13-17)35-16-34-19)23(28-22-3-1-2-8-30(22)24)29-9-6-27(7-10-29)36-11-12-37-27/h1-5,8,13-14H,6-7,9-12,15-16H2/b21-14+. The third kappa shape index (κ3) is 4.37. The van der Waals surface area contributed by atoms with Gasteiger partial charge in [0.1, 0.15) is 15.8 Å². The molecule has 0 unspecified atom stereocenters. The van der Waals surface area contributed by atoms with Gasteiger partial charge in [-0.15, -0.1) is 0 Å². The number of nitrogens with zero attached hydrogens (tertiary/aromatic N) is 4. The van der Waals surface area contributed by atoms with E-state index in [1.807, 2.05) is 24.3 Å². The number of amides is 1. The van der Waals surface area contributed by atoms with E-state index in [2.05, 4.69) is 4.90 Å². The monoisotopic (exact) mass is 564 g/mol. The van der Waals surface area contributed by atoms with Crippen LogP contribution in [-0.4, -0.2) is 63.4 Å². The van der Waals surface area contributed by atoms with Crippen molar-refractivity contribution in [3.05, 3.63) is 69.0 Å². The van der Waals surface area contributed by atoms with Crippen LogP contribution in [0.5, 0.6) is 11.5 Å². The van der Waals surface area contributed by atoms with E-state index in [0.29, 0.717) is 76.9 Å². The van der Waals surface area contributed by atoms with Crippen LogP contribution in [0.3, 0.4) is 0 Å². The van der Waals surface area contributed by atoms with Gasteiger partial charge in [-0.25, -0.2) is 4.98 Å². The molecule has 6 heterocycles. The zero-order chi connectivity index (χ0) is 26.6. The van der Waals surface area contributed by atoms with E-state index in [9.17, 15) is 9.59 Å². The molecule has 1 amide bonds. The molecule has 1 aromatic carbocycles. The Bertz CT molecular complexity index is 1590. The second-order valence-corrected chi connectivity index (χ2v) is 11.3. The fourth-order valence-electron chi connectivity index (χ4n) is 5.29. The fraction of sp³-hybridized carbons (Fsp3) is 0.333. The highest BCUT2D eigenvalue weighted by Gasteiger charge is 2.41. The Morgan fingerprint density at radius 1 is 1.05 bits per heavy atom. The number of benzene rings is 1. The molecule has 0 atom stereocenters. The van der Waals surface area contributed by atoms with Crippen molar-refractivity contribution in [3.8, 4) is 11.5 Å². The van der Waals surface area contributed by atoms with Crippen LogP contribution >= 0.6 is 24.0 Å². The van der Waals surface area contributed by atoms with Crippen LogP contribution in [-0.2, 0) is 20.8 Å². The largest absolute Gasteiger partial charge is 0.454 e. The van der Waals surface area contributed by atoms with E-state index in [-0.39, 0.29) is 24.8 Å². The molecule has 0 N–H and O–H groups in total. The quantitative estimate of drug-likeness (QED) is 0.347. The van der Waals surface area contributed by atoms with Gasteiger partial charge in [0.05, 0.1) is 30.2 Å². The number of hydrogen-bond donors (Lipinski definition) is 0. The molecule has 12 heteroatoms. The summed E-state index contributed by atoms with van der Waals surface area (Å²) in [5.41, 5.74) is 1.51. The second-order valence-electron chi connectivity index (χ2n) is 9.63. The van der Waals surface area contributed by atoms with Crippen molar-refractivity contribution in [2.45, 2.75) is 25.2 Å². The molecule has 0 saturated carbocycles. The second kappa shape index (κ2) is 9.63. The first-order chi connectivity index (χ1) is 19.0. The van der Waals surface area contributed by atoms with Crippen molar-refractivity contribution in [2.24, 2.45) is 0 Å². The number of carbonyl (C=O) groups excluding carboxylic acids is 1. The topological polar surface area (TPSA) is 94.8 Å². The summed E-state index contributed by atoms with van der Waals surface area (Å²) in [7, 11) is 0. The first kappa shape index (κ1) is 24.6. The van der Waals surface area contributed by atoms with Gasteiger partial charge in [0.15, 0.2) is 17.3 Å². The molecule has 3 aromatic rings. The molecule has 4 aliphatic heterocycles. The van der Waals surface area contributed by atoms with Crippen LogP contribution in [0.2, 0.25) is 0 Å². The lowest BCUT2D eigenvalue weighted by Gasteiger charge is -2.38. The Kier molecular flexibility index (Phi) is 6.07. The Balaban J connectivity index is 1.22. The molecule has 0 bridgehead atoms. The van der Waals surface area contributed by atoms with E-state index in [1.165, 1.54) is 21.1 Å². The maximum absolute atomic E-state index is 13.7. The van der Waals surface area contributed by atoms with Crippen molar-refractivity contribution in [2.75, 3.05) is 38.0 Å². The van der Waals surface area contributed by atoms with Crippen molar-refractivity contribution in [3.63, 3.8) is 0 Å². The minimum Gasteiger partial charge on any atom is -0.454 e. The number of thiocarbonyl (C=S) groups is 1. The minimum atomic E-state index is -0.556.